The van der Waals surface area contributed by atoms with Gasteiger partial charge in [0.2, 0.25) is 11.1 Å². The summed E-state index contributed by atoms with van der Waals surface area (Å²) in [6, 6.07) is 12.1. The number of hydrogen-bond acceptors (Lipinski definition) is 5. The van der Waals surface area contributed by atoms with Crippen LogP contribution < -0.4 is 11.2 Å². The SMILES string of the molecule is C[C@H](Sc1nnc(-c2ccccc2Cl)n1N)C(=O)N[C@@H](C)c1ccc(Cl)cc1Cl. The number of rotatable bonds is 6. The number of thioether (sulfide) groups is 1. The topological polar surface area (TPSA) is 85.8 Å². The van der Waals surface area contributed by atoms with Crippen molar-refractivity contribution in [1.29, 1.82) is 0 Å². The fourth-order valence-corrected chi connectivity index (χ4v) is 4.23. The van der Waals surface area contributed by atoms with Crippen LogP contribution in [0.15, 0.2) is 47.6 Å². The van der Waals surface area contributed by atoms with E-state index in [2.05, 4.69) is 15.5 Å². The van der Waals surface area contributed by atoms with Gasteiger partial charge in [0.25, 0.3) is 0 Å². The minimum atomic E-state index is -0.464. The van der Waals surface area contributed by atoms with Crippen molar-refractivity contribution in [2.24, 2.45) is 0 Å². The van der Waals surface area contributed by atoms with E-state index in [0.717, 1.165) is 5.56 Å². The van der Waals surface area contributed by atoms with Crippen molar-refractivity contribution < 1.29 is 4.79 Å². The van der Waals surface area contributed by atoms with E-state index in [9.17, 15) is 4.79 Å². The van der Waals surface area contributed by atoms with Crippen molar-refractivity contribution >= 4 is 52.5 Å². The van der Waals surface area contributed by atoms with Crippen LogP contribution >= 0.6 is 46.6 Å². The van der Waals surface area contributed by atoms with Gasteiger partial charge in [0.15, 0.2) is 5.82 Å². The Morgan fingerprint density at radius 3 is 2.52 bits per heavy atom. The third-order valence-electron chi connectivity index (χ3n) is 4.22. The highest BCUT2D eigenvalue weighted by Crippen LogP contribution is 2.30. The van der Waals surface area contributed by atoms with Gasteiger partial charge in [-0.2, -0.15) is 0 Å². The van der Waals surface area contributed by atoms with Crippen molar-refractivity contribution in [3.8, 4) is 11.4 Å². The molecule has 29 heavy (non-hydrogen) atoms. The van der Waals surface area contributed by atoms with Gasteiger partial charge >= 0.3 is 0 Å². The molecule has 10 heteroatoms. The molecule has 1 amide bonds. The fourth-order valence-electron chi connectivity index (χ4n) is 2.66. The molecule has 1 heterocycles. The first-order chi connectivity index (χ1) is 13.8. The van der Waals surface area contributed by atoms with Crippen molar-refractivity contribution in [3.05, 3.63) is 63.1 Å². The zero-order chi connectivity index (χ0) is 21.1. The second-order valence-electron chi connectivity index (χ2n) is 6.31. The maximum Gasteiger partial charge on any atom is 0.233 e. The second-order valence-corrected chi connectivity index (χ2v) is 8.87. The molecule has 2 aromatic carbocycles. The summed E-state index contributed by atoms with van der Waals surface area (Å²) in [7, 11) is 0. The predicted molar refractivity (Wildman–Crippen MR) is 119 cm³/mol. The minimum Gasteiger partial charge on any atom is -0.349 e. The molecule has 0 fully saturated rings. The first-order valence-electron chi connectivity index (χ1n) is 8.65. The standard InChI is InChI=1S/C19H18Cl3N5OS/c1-10(13-8-7-12(20)9-16(13)22)24-18(28)11(2)29-19-26-25-17(27(19)23)14-5-3-4-6-15(14)21/h3-11H,23H2,1-2H3,(H,24,28)/t10-,11-/m0/s1. The lowest BCUT2D eigenvalue weighted by molar-refractivity contribution is -0.120. The summed E-state index contributed by atoms with van der Waals surface area (Å²) in [6.45, 7) is 3.62. The monoisotopic (exact) mass is 469 g/mol. The average molecular weight is 471 g/mol. The molecule has 0 saturated carbocycles. The van der Waals surface area contributed by atoms with Crippen LogP contribution in [0.2, 0.25) is 15.1 Å². The molecule has 3 rings (SSSR count). The summed E-state index contributed by atoms with van der Waals surface area (Å²) in [6.07, 6.45) is 0. The van der Waals surface area contributed by atoms with Crippen molar-refractivity contribution in [1.82, 2.24) is 20.2 Å². The maximum atomic E-state index is 12.6. The largest absolute Gasteiger partial charge is 0.349 e. The van der Waals surface area contributed by atoms with E-state index >= 15 is 0 Å². The van der Waals surface area contributed by atoms with Gasteiger partial charge in [-0.1, -0.05) is 64.8 Å². The predicted octanol–water partition coefficient (Wildman–Crippen LogP) is 4.98. The van der Waals surface area contributed by atoms with Crippen LogP contribution in [0.5, 0.6) is 0 Å². The van der Waals surface area contributed by atoms with Gasteiger partial charge in [0, 0.05) is 15.6 Å². The van der Waals surface area contributed by atoms with E-state index in [1.807, 2.05) is 19.1 Å². The smallest absolute Gasteiger partial charge is 0.233 e. The molecule has 0 aliphatic rings. The van der Waals surface area contributed by atoms with Gasteiger partial charge < -0.3 is 11.2 Å². The molecule has 0 bridgehead atoms. The van der Waals surface area contributed by atoms with E-state index in [-0.39, 0.29) is 11.9 Å². The molecule has 0 radical (unpaired) electrons. The molecule has 1 aromatic heterocycles. The zero-order valence-electron chi connectivity index (χ0n) is 15.6. The summed E-state index contributed by atoms with van der Waals surface area (Å²) in [4.78, 5) is 12.6. The van der Waals surface area contributed by atoms with Crippen molar-refractivity contribution in [2.45, 2.75) is 30.3 Å². The van der Waals surface area contributed by atoms with E-state index in [1.165, 1.54) is 16.4 Å². The number of aromatic nitrogens is 3. The Labute approximate surface area is 187 Å². The van der Waals surface area contributed by atoms with E-state index in [0.29, 0.717) is 31.6 Å². The molecule has 152 valence electrons. The highest BCUT2D eigenvalue weighted by Gasteiger charge is 2.22. The first kappa shape index (κ1) is 21.8. The third kappa shape index (κ3) is 4.98. The van der Waals surface area contributed by atoms with Gasteiger partial charge in [-0.25, -0.2) is 4.68 Å². The number of benzene rings is 2. The van der Waals surface area contributed by atoms with Gasteiger partial charge in [-0.05, 0) is 43.7 Å². The van der Waals surface area contributed by atoms with Crippen molar-refractivity contribution in [3.63, 3.8) is 0 Å². The fraction of sp³-hybridized carbons (Fsp3) is 0.211. The first-order valence-corrected chi connectivity index (χ1v) is 10.7. The molecule has 6 nitrogen and oxygen atoms in total. The number of hydrogen-bond donors (Lipinski definition) is 2. The van der Waals surface area contributed by atoms with E-state index in [1.54, 1.807) is 37.3 Å². The lowest BCUT2D eigenvalue weighted by atomic mass is 10.1. The lowest BCUT2D eigenvalue weighted by Gasteiger charge is -2.18. The Hall–Kier alpha value is -1.93. The number of nitrogens with two attached hydrogens (primary N) is 1. The summed E-state index contributed by atoms with van der Waals surface area (Å²) < 4.78 is 1.33. The Balaban J connectivity index is 1.69. The van der Waals surface area contributed by atoms with Crippen LogP contribution in [0.3, 0.4) is 0 Å². The van der Waals surface area contributed by atoms with Gasteiger partial charge in [0.05, 0.1) is 16.3 Å². The highest BCUT2D eigenvalue weighted by atomic mass is 35.5. The van der Waals surface area contributed by atoms with Gasteiger partial charge in [-0.15, -0.1) is 10.2 Å². The number of amides is 1. The molecule has 3 aromatic rings. The third-order valence-corrected chi connectivity index (χ3v) is 6.17. The summed E-state index contributed by atoms with van der Waals surface area (Å²) >= 11 is 19.6. The molecule has 2 atom stereocenters. The second kappa shape index (κ2) is 9.26. The minimum absolute atomic E-state index is 0.184. The molecule has 0 aliphatic carbocycles. The number of carbonyl (C=O) groups excluding carboxylic acids is 1. The lowest BCUT2D eigenvalue weighted by Crippen LogP contribution is -2.33. The number of nitrogens with zero attached hydrogens (tertiary/aromatic N) is 3. The summed E-state index contributed by atoms with van der Waals surface area (Å²) in [5.74, 6) is 6.37. The molecule has 0 aliphatic heterocycles. The molecular formula is C19H18Cl3N5OS. The van der Waals surface area contributed by atoms with E-state index < -0.39 is 5.25 Å². The highest BCUT2D eigenvalue weighted by molar-refractivity contribution is 8.00. The van der Waals surface area contributed by atoms with E-state index in [4.69, 9.17) is 40.6 Å². The van der Waals surface area contributed by atoms with Gasteiger partial charge in [0.1, 0.15) is 0 Å². The van der Waals surface area contributed by atoms with Crippen LogP contribution in [0.1, 0.15) is 25.5 Å². The number of halogens is 3. The molecule has 0 spiro atoms. The Bertz CT molecular complexity index is 1040. The van der Waals surface area contributed by atoms with Crippen LogP contribution in [-0.2, 0) is 4.79 Å². The zero-order valence-corrected chi connectivity index (χ0v) is 18.6. The number of nitrogen functional groups attached to an aromatic ring is 1. The molecule has 0 unspecified atom stereocenters. The Kier molecular flexibility index (Phi) is 6.95. The Morgan fingerprint density at radius 1 is 1.10 bits per heavy atom. The van der Waals surface area contributed by atoms with Crippen LogP contribution in [0.4, 0.5) is 0 Å². The molecular weight excluding hydrogens is 453 g/mol. The summed E-state index contributed by atoms with van der Waals surface area (Å²) in [5, 5.41) is 12.6. The van der Waals surface area contributed by atoms with Crippen LogP contribution in [0, 0.1) is 0 Å². The number of nitrogens with one attached hydrogen (secondary N) is 1. The van der Waals surface area contributed by atoms with Crippen LogP contribution in [-0.4, -0.2) is 26.0 Å². The molecule has 3 N–H and O–H groups in total. The Morgan fingerprint density at radius 2 is 1.83 bits per heavy atom. The van der Waals surface area contributed by atoms with Gasteiger partial charge in [-0.3, -0.25) is 4.79 Å². The maximum absolute atomic E-state index is 12.6. The van der Waals surface area contributed by atoms with Crippen LogP contribution in [0.25, 0.3) is 11.4 Å². The summed E-state index contributed by atoms with van der Waals surface area (Å²) in [5.41, 5.74) is 1.45. The average Bonchev–Trinajstić information content (AvgIpc) is 3.02. The number of carbonyl (C=O) groups is 1. The normalized spacial score (nSPS) is 13.1. The quantitative estimate of drug-likeness (QED) is 0.392. The van der Waals surface area contributed by atoms with Crippen molar-refractivity contribution in [2.75, 3.05) is 5.84 Å². The molecule has 0 saturated heterocycles.